The molecule has 0 saturated carbocycles. The molecule has 1 aromatic heterocycles. The first-order chi connectivity index (χ1) is 11.5. The Morgan fingerprint density at radius 2 is 2.21 bits per heavy atom. The van der Waals surface area contributed by atoms with Crippen LogP contribution >= 0.6 is 11.3 Å². The molecule has 1 amide bonds. The Balaban J connectivity index is 1.72. The van der Waals surface area contributed by atoms with Crippen molar-refractivity contribution in [3.05, 3.63) is 34.8 Å². The predicted octanol–water partition coefficient (Wildman–Crippen LogP) is 2.88. The van der Waals surface area contributed by atoms with E-state index < -0.39 is 0 Å². The van der Waals surface area contributed by atoms with E-state index >= 15 is 0 Å². The smallest absolute Gasteiger partial charge is 0.243 e. The zero-order chi connectivity index (χ0) is 17.5. The summed E-state index contributed by atoms with van der Waals surface area (Å²) in [4.78, 5) is 14.1. The van der Waals surface area contributed by atoms with Crippen molar-refractivity contribution < 1.29 is 9.53 Å². The third kappa shape index (κ3) is 5.28. The Hall–Kier alpha value is -1.99. The summed E-state index contributed by atoms with van der Waals surface area (Å²) in [6.07, 6.45) is 0.847. The van der Waals surface area contributed by atoms with E-state index in [4.69, 9.17) is 4.74 Å². The number of carbonyl (C=O) groups excluding carboxylic acids is 1. The van der Waals surface area contributed by atoms with Crippen LogP contribution in [0.5, 0.6) is 5.75 Å². The number of rotatable bonds is 8. The van der Waals surface area contributed by atoms with Crippen LogP contribution in [-0.4, -0.2) is 47.2 Å². The van der Waals surface area contributed by atoms with Gasteiger partial charge in [-0.05, 0) is 45.9 Å². The fraction of sp³-hybridized carbons (Fsp3) is 0.471. The molecular formula is C17H24N4O2S. The average Bonchev–Trinajstić information content (AvgIpc) is 3.05. The van der Waals surface area contributed by atoms with Gasteiger partial charge in [0, 0.05) is 6.54 Å². The molecule has 1 unspecified atom stereocenters. The summed E-state index contributed by atoms with van der Waals surface area (Å²) in [6, 6.07) is 5.93. The lowest BCUT2D eigenvalue weighted by molar-refractivity contribution is -0.120. The molecule has 0 aliphatic carbocycles. The second-order valence-corrected chi connectivity index (χ2v) is 6.69. The van der Waals surface area contributed by atoms with Gasteiger partial charge in [-0.1, -0.05) is 29.0 Å². The molecule has 0 spiro atoms. The number of aromatic nitrogens is 2. The van der Waals surface area contributed by atoms with Gasteiger partial charge < -0.3 is 4.74 Å². The molecule has 0 bridgehead atoms. The Kier molecular flexibility index (Phi) is 6.69. The van der Waals surface area contributed by atoms with Crippen molar-refractivity contribution in [3.63, 3.8) is 0 Å². The first kappa shape index (κ1) is 18.4. The number of amides is 1. The number of nitrogens with one attached hydrogen (secondary N) is 1. The second-order valence-electron chi connectivity index (χ2n) is 5.86. The lowest BCUT2D eigenvalue weighted by Crippen LogP contribution is -2.40. The van der Waals surface area contributed by atoms with Crippen LogP contribution in [0.1, 0.15) is 24.5 Å². The van der Waals surface area contributed by atoms with Crippen molar-refractivity contribution in [3.8, 4) is 5.75 Å². The van der Waals surface area contributed by atoms with E-state index in [1.54, 1.807) is 5.51 Å². The van der Waals surface area contributed by atoms with Gasteiger partial charge in [0.15, 0.2) is 0 Å². The van der Waals surface area contributed by atoms with Gasteiger partial charge in [-0.3, -0.25) is 15.0 Å². The molecule has 1 aromatic carbocycles. The summed E-state index contributed by atoms with van der Waals surface area (Å²) in [5, 5.41) is 10.8. The Bertz CT molecular complexity index is 661. The molecule has 0 fully saturated rings. The molecule has 1 N–H and O–H groups in total. The summed E-state index contributed by atoms with van der Waals surface area (Å²) < 4.78 is 5.82. The van der Waals surface area contributed by atoms with Gasteiger partial charge in [-0.2, -0.15) is 0 Å². The highest BCUT2D eigenvalue weighted by Crippen LogP contribution is 2.18. The van der Waals surface area contributed by atoms with Gasteiger partial charge >= 0.3 is 0 Å². The molecule has 2 aromatic rings. The fourth-order valence-electron chi connectivity index (χ4n) is 2.29. The van der Waals surface area contributed by atoms with Crippen LogP contribution in [0, 0.1) is 13.8 Å². The lowest BCUT2D eigenvalue weighted by Gasteiger charge is -2.23. The molecule has 6 nitrogen and oxygen atoms in total. The van der Waals surface area contributed by atoms with Crippen molar-refractivity contribution in [1.29, 1.82) is 0 Å². The van der Waals surface area contributed by atoms with Crippen molar-refractivity contribution in [2.45, 2.75) is 33.2 Å². The molecule has 1 atom stereocenters. The number of hydrogen-bond acceptors (Lipinski definition) is 6. The lowest BCUT2D eigenvalue weighted by atomic mass is 10.1. The second kappa shape index (κ2) is 8.75. The van der Waals surface area contributed by atoms with Gasteiger partial charge in [-0.25, -0.2) is 0 Å². The van der Waals surface area contributed by atoms with E-state index in [1.807, 2.05) is 37.9 Å². The maximum absolute atomic E-state index is 12.1. The largest absolute Gasteiger partial charge is 0.493 e. The highest BCUT2D eigenvalue weighted by Gasteiger charge is 2.18. The maximum atomic E-state index is 12.1. The number of nitrogens with zero attached hydrogens (tertiary/aromatic N) is 3. The van der Waals surface area contributed by atoms with E-state index in [0.29, 0.717) is 11.7 Å². The first-order valence-corrected chi connectivity index (χ1v) is 8.82. The molecule has 0 aliphatic heterocycles. The summed E-state index contributed by atoms with van der Waals surface area (Å²) in [5.41, 5.74) is 3.97. The van der Waals surface area contributed by atoms with Crippen LogP contribution in [0.3, 0.4) is 0 Å². The minimum Gasteiger partial charge on any atom is -0.493 e. The SMILES string of the molecule is Cc1ccc(OCCCN(C)C(C)C(=O)Nc2nncs2)c(C)c1. The third-order valence-corrected chi connectivity index (χ3v) is 4.48. The zero-order valence-corrected chi connectivity index (χ0v) is 15.4. The minimum absolute atomic E-state index is 0.0791. The van der Waals surface area contributed by atoms with E-state index in [1.165, 1.54) is 16.9 Å². The quantitative estimate of drug-likeness (QED) is 0.743. The highest BCUT2D eigenvalue weighted by atomic mass is 32.1. The van der Waals surface area contributed by atoms with Gasteiger partial charge in [0.05, 0.1) is 12.6 Å². The maximum Gasteiger partial charge on any atom is 0.243 e. The molecule has 0 radical (unpaired) electrons. The van der Waals surface area contributed by atoms with Crippen LogP contribution in [0.25, 0.3) is 0 Å². The van der Waals surface area contributed by atoms with Crippen LogP contribution in [-0.2, 0) is 4.79 Å². The number of carbonyl (C=O) groups is 1. The van der Waals surface area contributed by atoms with Crippen LogP contribution < -0.4 is 10.1 Å². The van der Waals surface area contributed by atoms with Gasteiger partial charge in [0.25, 0.3) is 0 Å². The van der Waals surface area contributed by atoms with Crippen LogP contribution in [0.15, 0.2) is 23.7 Å². The number of ether oxygens (including phenoxy) is 1. The van der Waals surface area contributed by atoms with Crippen molar-refractivity contribution in [2.24, 2.45) is 0 Å². The van der Waals surface area contributed by atoms with Crippen molar-refractivity contribution in [1.82, 2.24) is 15.1 Å². The normalized spacial score (nSPS) is 12.2. The topological polar surface area (TPSA) is 67.3 Å². The molecule has 130 valence electrons. The zero-order valence-electron chi connectivity index (χ0n) is 14.6. The highest BCUT2D eigenvalue weighted by molar-refractivity contribution is 7.13. The van der Waals surface area contributed by atoms with E-state index in [2.05, 4.69) is 28.5 Å². The minimum atomic E-state index is -0.241. The summed E-state index contributed by atoms with van der Waals surface area (Å²) in [7, 11) is 1.93. The molecule has 0 aliphatic rings. The van der Waals surface area contributed by atoms with E-state index in [9.17, 15) is 4.79 Å². The van der Waals surface area contributed by atoms with Crippen LogP contribution in [0.2, 0.25) is 0 Å². The first-order valence-electron chi connectivity index (χ1n) is 7.94. The number of aryl methyl sites for hydroxylation is 2. The standard InChI is InChI=1S/C17H24N4O2S/c1-12-6-7-15(13(2)10-12)23-9-5-8-21(4)14(3)16(22)19-17-20-18-11-24-17/h6-7,10-11,14H,5,8-9H2,1-4H3,(H,19,20,22). The number of likely N-dealkylation sites (N-methyl/N-ethyl adjacent to an activating group) is 1. The number of benzene rings is 1. The third-order valence-electron chi connectivity index (χ3n) is 3.87. The molecule has 0 saturated heterocycles. The Morgan fingerprint density at radius 3 is 2.88 bits per heavy atom. The molecule has 1 heterocycles. The monoisotopic (exact) mass is 348 g/mol. The molecule has 7 heteroatoms. The average molecular weight is 348 g/mol. The van der Waals surface area contributed by atoms with Gasteiger partial charge in [0.2, 0.25) is 11.0 Å². The summed E-state index contributed by atoms with van der Waals surface area (Å²) in [5.74, 6) is 0.842. The van der Waals surface area contributed by atoms with Gasteiger partial charge in [0.1, 0.15) is 11.3 Å². The van der Waals surface area contributed by atoms with E-state index in [0.717, 1.165) is 24.3 Å². The molecular weight excluding hydrogens is 324 g/mol. The number of anilines is 1. The van der Waals surface area contributed by atoms with Crippen LogP contribution in [0.4, 0.5) is 5.13 Å². The number of hydrogen-bond donors (Lipinski definition) is 1. The predicted molar refractivity (Wildman–Crippen MR) is 96.7 cm³/mol. The Labute approximate surface area is 146 Å². The van der Waals surface area contributed by atoms with E-state index in [-0.39, 0.29) is 11.9 Å². The summed E-state index contributed by atoms with van der Waals surface area (Å²) >= 11 is 1.31. The molecule has 2 rings (SSSR count). The fourth-order valence-corrected chi connectivity index (χ4v) is 2.74. The Morgan fingerprint density at radius 1 is 1.42 bits per heavy atom. The summed E-state index contributed by atoms with van der Waals surface area (Å²) in [6.45, 7) is 7.39. The molecule has 24 heavy (non-hydrogen) atoms. The van der Waals surface area contributed by atoms with Gasteiger partial charge in [-0.15, -0.1) is 10.2 Å². The van der Waals surface area contributed by atoms with Crippen molar-refractivity contribution >= 4 is 22.4 Å². The van der Waals surface area contributed by atoms with Crippen molar-refractivity contribution in [2.75, 3.05) is 25.5 Å².